The molecule has 1 unspecified atom stereocenters. The third-order valence-corrected chi connectivity index (χ3v) is 6.27. The average molecular weight is 470 g/mol. The Bertz CT molecular complexity index is 1320. The van der Waals surface area contributed by atoms with E-state index in [0.29, 0.717) is 27.7 Å². The minimum absolute atomic E-state index is 0.130. The number of H-pyrrole nitrogens is 1. The summed E-state index contributed by atoms with van der Waals surface area (Å²) in [5.74, 6) is -0.130. The average Bonchev–Trinajstić information content (AvgIpc) is 3.17. The lowest BCUT2D eigenvalue weighted by Crippen LogP contribution is -2.50. The molecule has 4 aromatic rings. The molecule has 0 radical (unpaired) electrons. The molecule has 0 bridgehead atoms. The molecule has 0 saturated heterocycles. The Morgan fingerprint density at radius 1 is 1.00 bits per heavy atom. The number of aromatic amines is 1. The molecule has 0 amide bonds. The molecular weight excluding hydrogens is 443 g/mol. The zero-order valence-corrected chi connectivity index (χ0v) is 19.1. The molecule has 3 N–H and O–H groups in total. The first-order chi connectivity index (χ1) is 15.9. The van der Waals surface area contributed by atoms with Crippen molar-refractivity contribution in [2.45, 2.75) is 50.8 Å². The lowest BCUT2D eigenvalue weighted by atomic mass is 9.72. The molecule has 5 nitrogen and oxygen atoms in total. The fraction of sp³-hybridized carbons (Fsp3) is 0.308. The number of nitrogens with one attached hydrogen (secondary N) is 1. The molecule has 0 saturated carbocycles. The number of aliphatic hydroxyl groups is 1. The van der Waals surface area contributed by atoms with Crippen LogP contribution >= 0.6 is 0 Å². The van der Waals surface area contributed by atoms with Crippen LogP contribution in [0.3, 0.4) is 0 Å². The zero-order valence-electron chi connectivity index (χ0n) is 19.1. The first-order valence-corrected chi connectivity index (χ1v) is 10.9. The van der Waals surface area contributed by atoms with E-state index in [-0.39, 0.29) is 11.4 Å². The van der Waals surface area contributed by atoms with Crippen LogP contribution in [-0.4, -0.2) is 36.9 Å². The number of phenols is 1. The molecule has 3 aromatic heterocycles. The van der Waals surface area contributed by atoms with E-state index in [0.717, 1.165) is 5.56 Å². The summed E-state index contributed by atoms with van der Waals surface area (Å²) in [7, 11) is 0. The van der Waals surface area contributed by atoms with Crippen LogP contribution in [0.15, 0.2) is 61.1 Å². The fourth-order valence-electron chi connectivity index (χ4n) is 4.54. The van der Waals surface area contributed by atoms with Crippen molar-refractivity contribution in [3.05, 3.63) is 78.0 Å². The lowest BCUT2D eigenvalue weighted by molar-refractivity contribution is -0.266. The van der Waals surface area contributed by atoms with E-state index in [1.54, 1.807) is 69.7 Å². The molecule has 0 aliphatic heterocycles. The van der Waals surface area contributed by atoms with Crippen LogP contribution in [-0.2, 0) is 11.8 Å². The maximum Gasteiger partial charge on any atom is 0.417 e. The van der Waals surface area contributed by atoms with Gasteiger partial charge in [-0.2, -0.15) is 13.2 Å². The summed E-state index contributed by atoms with van der Waals surface area (Å²) in [6.45, 7) is 4.95. The number of rotatable bonds is 6. The number of aromatic hydroxyl groups is 1. The monoisotopic (exact) mass is 469 g/mol. The highest BCUT2D eigenvalue weighted by Gasteiger charge is 2.56. The molecule has 0 spiro atoms. The summed E-state index contributed by atoms with van der Waals surface area (Å²) >= 11 is 0. The van der Waals surface area contributed by atoms with Crippen molar-refractivity contribution in [1.29, 1.82) is 0 Å². The second kappa shape index (κ2) is 8.43. The molecular formula is C26H26F3N3O2. The summed E-state index contributed by atoms with van der Waals surface area (Å²) in [5.41, 5.74) is -0.842. The summed E-state index contributed by atoms with van der Waals surface area (Å²) in [6.07, 6.45) is -1.36. The highest BCUT2D eigenvalue weighted by Crippen LogP contribution is 2.45. The van der Waals surface area contributed by atoms with Gasteiger partial charge in [-0.25, -0.2) is 0 Å². The zero-order chi connectivity index (χ0) is 24.7. The second-order valence-corrected chi connectivity index (χ2v) is 9.39. The smallest absolute Gasteiger partial charge is 0.417 e. The summed E-state index contributed by atoms with van der Waals surface area (Å²) in [4.78, 5) is 11.2. The molecule has 0 aliphatic carbocycles. The molecule has 1 aromatic carbocycles. The van der Waals surface area contributed by atoms with E-state index in [1.165, 1.54) is 6.07 Å². The van der Waals surface area contributed by atoms with Crippen molar-refractivity contribution in [2.24, 2.45) is 0 Å². The van der Waals surface area contributed by atoms with Crippen molar-refractivity contribution in [3.8, 4) is 16.9 Å². The number of nitrogens with zero attached hydrogens (tertiary/aromatic N) is 2. The number of alkyl halides is 3. The number of hydrogen-bond donors (Lipinski definition) is 3. The van der Waals surface area contributed by atoms with Crippen molar-refractivity contribution in [3.63, 3.8) is 0 Å². The van der Waals surface area contributed by atoms with Crippen molar-refractivity contribution < 1.29 is 23.4 Å². The van der Waals surface area contributed by atoms with Gasteiger partial charge in [0, 0.05) is 58.4 Å². The van der Waals surface area contributed by atoms with Gasteiger partial charge in [-0.15, -0.1) is 0 Å². The number of hydrogen-bond acceptors (Lipinski definition) is 4. The number of phenolic OH excluding ortho intramolecular Hbond substituents is 1. The SMILES string of the molecule is Cc1nccc2[nH]c(CC(O)(CC(C)(C)c3cc(-c4cccnc4)ccc3O)C(F)(F)F)cc12. The van der Waals surface area contributed by atoms with E-state index >= 15 is 0 Å². The van der Waals surface area contributed by atoms with Crippen molar-refractivity contribution in [2.75, 3.05) is 0 Å². The van der Waals surface area contributed by atoms with Crippen molar-refractivity contribution in [1.82, 2.24) is 15.0 Å². The van der Waals surface area contributed by atoms with Gasteiger partial charge < -0.3 is 15.2 Å². The molecule has 0 aliphatic rings. The van der Waals surface area contributed by atoms with Crippen LogP contribution in [0.25, 0.3) is 22.0 Å². The van der Waals surface area contributed by atoms with Gasteiger partial charge in [0.05, 0.1) is 0 Å². The van der Waals surface area contributed by atoms with Gasteiger partial charge in [0.1, 0.15) is 5.75 Å². The van der Waals surface area contributed by atoms with E-state index in [2.05, 4.69) is 15.0 Å². The standard InChI is InChI=1S/C26H26F3N3O2/c1-16-20-12-19(32-22(20)8-10-31-16)13-25(34,26(27,28)29)15-24(2,3)21-11-17(6-7-23(21)33)18-5-4-9-30-14-18/h4-12,14,32-34H,13,15H2,1-3H3. The largest absolute Gasteiger partial charge is 0.508 e. The number of aryl methyl sites for hydroxylation is 1. The molecule has 0 fully saturated rings. The van der Waals surface area contributed by atoms with Crippen molar-refractivity contribution >= 4 is 10.9 Å². The first-order valence-electron chi connectivity index (χ1n) is 10.9. The Labute approximate surface area is 195 Å². The highest BCUT2D eigenvalue weighted by molar-refractivity contribution is 5.82. The molecule has 178 valence electrons. The molecule has 1 atom stereocenters. The Morgan fingerprint density at radius 3 is 2.41 bits per heavy atom. The number of benzene rings is 1. The summed E-state index contributed by atoms with van der Waals surface area (Å²) in [5, 5.41) is 22.3. The predicted molar refractivity (Wildman–Crippen MR) is 125 cm³/mol. The molecule has 4 rings (SSSR count). The Kier molecular flexibility index (Phi) is 5.89. The highest BCUT2D eigenvalue weighted by atomic mass is 19.4. The number of halogens is 3. The maximum absolute atomic E-state index is 14.3. The minimum atomic E-state index is -4.90. The quantitative estimate of drug-likeness (QED) is 0.331. The van der Waals surface area contributed by atoms with Gasteiger partial charge in [-0.1, -0.05) is 26.0 Å². The number of pyridine rings is 2. The predicted octanol–water partition coefficient (Wildman–Crippen LogP) is 5.84. The second-order valence-electron chi connectivity index (χ2n) is 9.39. The number of aromatic nitrogens is 3. The molecule has 3 heterocycles. The van der Waals surface area contributed by atoms with E-state index in [9.17, 15) is 23.4 Å². The van der Waals surface area contributed by atoms with Crippen LogP contribution in [0.2, 0.25) is 0 Å². The van der Waals surface area contributed by atoms with Gasteiger partial charge in [0.25, 0.3) is 0 Å². The normalized spacial score (nSPS) is 14.3. The van der Waals surface area contributed by atoms with E-state index < -0.39 is 30.0 Å². The van der Waals surface area contributed by atoms with Crippen LogP contribution < -0.4 is 0 Å². The van der Waals surface area contributed by atoms with Gasteiger partial charge >= 0.3 is 6.18 Å². The maximum atomic E-state index is 14.3. The third kappa shape index (κ3) is 4.50. The number of fused-ring (bicyclic) bond motifs is 1. The van der Waals surface area contributed by atoms with Gasteiger partial charge in [-0.05, 0) is 54.7 Å². The van der Waals surface area contributed by atoms with Gasteiger partial charge in [-0.3, -0.25) is 9.97 Å². The molecule has 34 heavy (non-hydrogen) atoms. The Hall–Kier alpha value is -3.39. The fourth-order valence-corrected chi connectivity index (χ4v) is 4.54. The van der Waals surface area contributed by atoms with Crippen LogP contribution in [0.1, 0.15) is 37.2 Å². The van der Waals surface area contributed by atoms with Gasteiger partial charge in [0.2, 0.25) is 0 Å². The van der Waals surface area contributed by atoms with Crippen LogP contribution in [0.5, 0.6) is 5.75 Å². The Balaban J connectivity index is 1.71. The first kappa shape index (κ1) is 23.8. The van der Waals surface area contributed by atoms with Crippen LogP contribution in [0, 0.1) is 6.92 Å². The lowest BCUT2D eigenvalue weighted by Gasteiger charge is -2.38. The third-order valence-electron chi connectivity index (χ3n) is 6.27. The summed E-state index contributed by atoms with van der Waals surface area (Å²) in [6, 6.07) is 11.7. The molecule has 8 heteroatoms. The minimum Gasteiger partial charge on any atom is -0.508 e. The van der Waals surface area contributed by atoms with Gasteiger partial charge in [0.15, 0.2) is 5.60 Å². The van der Waals surface area contributed by atoms with E-state index in [4.69, 9.17) is 0 Å². The topological polar surface area (TPSA) is 82.0 Å². The van der Waals surface area contributed by atoms with E-state index in [1.807, 2.05) is 6.07 Å². The Morgan fingerprint density at radius 2 is 1.76 bits per heavy atom. The summed E-state index contributed by atoms with van der Waals surface area (Å²) < 4.78 is 42.8. The van der Waals surface area contributed by atoms with Crippen LogP contribution in [0.4, 0.5) is 13.2 Å².